The van der Waals surface area contributed by atoms with Gasteiger partial charge in [0, 0.05) is 19.8 Å². The second kappa shape index (κ2) is 7.69. The van der Waals surface area contributed by atoms with E-state index in [1.54, 1.807) is 20.8 Å². The van der Waals surface area contributed by atoms with E-state index in [9.17, 15) is 14.7 Å². The first kappa shape index (κ1) is 17.0. The van der Waals surface area contributed by atoms with Crippen molar-refractivity contribution in [1.82, 2.24) is 4.90 Å². The van der Waals surface area contributed by atoms with E-state index in [4.69, 9.17) is 18.0 Å². The fraction of sp³-hybridized carbons (Fsp3) is 0.818. The summed E-state index contributed by atoms with van der Waals surface area (Å²) in [4.78, 5) is 23.9. The Morgan fingerprint density at radius 1 is 1.20 bits per heavy atom. The van der Waals surface area contributed by atoms with Crippen molar-refractivity contribution in [2.24, 2.45) is 0 Å². The minimum atomic E-state index is -3.23. The second-order valence-electron chi connectivity index (χ2n) is 4.01. The second-order valence-corrected chi connectivity index (χ2v) is 6.56. The molecule has 0 bridgehead atoms. The zero-order chi connectivity index (χ0) is 15.2. The molecule has 0 aliphatic carbocycles. The summed E-state index contributed by atoms with van der Waals surface area (Å²) < 4.78 is 21.4. The summed E-state index contributed by atoms with van der Waals surface area (Å²) in [7, 11) is -3.23. The van der Waals surface area contributed by atoms with Crippen LogP contribution in [0.3, 0.4) is 0 Å². The standard InChI is InChI=1S/C11H21NO7Si/c1-4-17-20(18-5-2,19-6-3)8-12(11(14)15)10(13)9-7-16-9/h9H,4-8H2,1-3H3,(H,14,15). The Kier molecular flexibility index (Phi) is 6.56. The van der Waals surface area contributed by atoms with Crippen LogP contribution in [0.1, 0.15) is 20.8 Å². The maximum Gasteiger partial charge on any atom is 0.522 e. The van der Waals surface area contributed by atoms with Crippen LogP contribution in [-0.2, 0) is 22.8 Å². The lowest BCUT2D eigenvalue weighted by molar-refractivity contribution is -0.130. The summed E-state index contributed by atoms with van der Waals surface area (Å²) in [5.74, 6) is -0.603. The lowest BCUT2D eigenvalue weighted by Crippen LogP contribution is -2.58. The Labute approximate surface area is 118 Å². The Hall–Kier alpha value is -1.00. The van der Waals surface area contributed by atoms with E-state index in [1.807, 2.05) is 0 Å². The third kappa shape index (κ3) is 4.53. The zero-order valence-corrected chi connectivity index (χ0v) is 13.0. The molecule has 1 unspecified atom stereocenters. The van der Waals surface area contributed by atoms with Crippen molar-refractivity contribution in [3.8, 4) is 0 Å². The van der Waals surface area contributed by atoms with Gasteiger partial charge in [-0.1, -0.05) is 0 Å². The highest BCUT2D eigenvalue weighted by atomic mass is 28.4. The van der Waals surface area contributed by atoms with Crippen LogP contribution in [0.2, 0.25) is 0 Å². The van der Waals surface area contributed by atoms with Gasteiger partial charge in [-0.2, -0.15) is 0 Å². The smallest absolute Gasteiger partial charge is 0.465 e. The maximum absolute atomic E-state index is 11.9. The predicted octanol–water partition coefficient (Wildman–Crippen LogP) is 0.479. The van der Waals surface area contributed by atoms with Gasteiger partial charge in [0.1, 0.15) is 6.17 Å². The van der Waals surface area contributed by atoms with Crippen LogP contribution in [0.4, 0.5) is 4.79 Å². The van der Waals surface area contributed by atoms with Gasteiger partial charge >= 0.3 is 14.9 Å². The van der Waals surface area contributed by atoms with Crippen LogP contribution in [0, 0.1) is 0 Å². The van der Waals surface area contributed by atoms with Crippen molar-refractivity contribution in [3.05, 3.63) is 0 Å². The van der Waals surface area contributed by atoms with Crippen molar-refractivity contribution < 1.29 is 32.7 Å². The number of ether oxygens (including phenoxy) is 1. The number of nitrogens with zero attached hydrogens (tertiary/aromatic N) is 1. The molecule has 1 heterocycles. The predicted molar refractivity (Wildman–Crippen MR) is 70.1 cm³/mol. The molecule has 9 heteroatoms. The summed E-state index contributed by atoms with van der Waals surface area (Å²) in [6, 6.07) is 0. The van der Waals surface area contributed by atoms with Crippen LogP contribution in [0.5, 0.6) is 0 Å². The van der Waals surface area contributed by atoms with Crippen molar-refractivity contribution in [2.75, 3.05) is 32.6 Å². The molecule has 1 aliphatic rings. The molecule has 0 spiro atoms. The van der Waals surface area contributed by atoms with Gasteiger partial charge in [-0.15, -0.1) is 0 Å². The molecule has 0 aromatic carbocycles. The number of amides is 2. The largest absolute Gasteiger partial charge is 0.522 e. The molecule has 0 saturated carbocycles. The first-order valence-electron chi connectivity index (χ1n) is 6.57. The minimum absolute atomic E-state index is 0.226. The normalized spacial score (nSPS) is 17.9. The Morgan fingerprint density at radius 2 is 1.65 bits per heavy atom. The molecule has 0 aromatic rings. The minimum Gasteiger partial charge on any atom is -0.465 e. The Morgan fingerprint density at radius 3 is 1.95 bits per heavy atom. The number of epoxide rings is 1. The highest BCUT2D eigenvalue weighted by Gasteiger charge is 2.48. The van der Waals surface area contributed by atoms with Gasteiger partial charge in [-0.05, 0) is 20.8 Å². The maximum atomic E-state index is 11.9. The number of hydrogen-bond acceptors (Lipinski definition) is 6. The van der Waals surface area contributed by atoms with E-state index in [-0.39, 0.29) is 12.8 Å². The van der Waals surface area contributed by atoms with Crippen LogP contribution < -0.4 is 0 Å². The molecular weight excluding hydrogens is 286 g/mol. The van der Waals surface area contributed by atoms with E-state index >= 15 is 0 Å². The molecule has 1 N–H and O–H groups in total. The summed E-state index contributed by atoms with van der Waals surface area (Å²) in [6.07, 6.45) is -2.26. The molecule has 20 heavy (non-hydrogen) atoms. The molecule has 1 saturated heterocycles. The van der Waals surface area contributed by atoms with Gasteiger partial charge in [0.05, 0.1) is 6.61 Å². The van der Waals surface area contributed by atoms with E-state index < -0.39 is 26.9 Å². The summed E-state index contributed by atoms with van der Waals surface area (Å²) in [5.41, 5.74) is 0. The molecule has 116 valence electrons. The number of carboxylic acid groups (broad SMARTS) is 1. The van der Waals surface area contributed by atoms with Crippen LogP contribution >= 0.6 is 0 Å². The molecule has 2 amide bonds. The van der Waals surface area contributed by atoms with Gasteiger partial charge in [0.25, 0.3) is 5.91 Å². The lowest BCUT2D eigenvalue weighted by Gasteiger charge is -2.31. The monoisotopic (exact) mass is 307 g/mol. The topological polar surface area (TPSA) is 97.8 Å². The van der Waals surface area contributed by atoms with Crippen molar-refractivity contribution in [3.63, 3.8) is 0 Å². The lowest BCUT2D eigenvalue weighted by atomic mass is 10.4. The molecule has 0 radical (unpaired) electrons. The SMILES string of the molecule is CCO[Si](CN(C(=O)O)C(=O)C1CO1)(OCC)OCC. The number of carbonyl (C=O) groups is 2. The van der Waals surface area contributed by atoms with Crippen LogP contribution in [-0.4, -0.2) is 69.5 Å². The Bertz CT molecular complexity index is 331. The highest BCUT2D eigenvalue weighted by Crippen LogP contribution is 2.18. The number of hydrogen-bond donors (Lipinski definition) is 1. The number of carbonyl (C=O) groups excluding carboxylic acids is 1. The van der Waals surface area contributed by atoms with E-state index in [0.717, 1.165) is 0 Å². The molecule has 0 aromatic heterocycles. The van der Waals surface area contributed by atoms with Gasteiger partial charge < -0.3 is 23.1 Å². The summed E-state index contributed by atoms with van der Waals surface area (Å²) in [5, 5.41) is 9.19. The average molecular weight is 307 g/mol. The number of rotatable bonds is 9. The summed E-state index contributed by atoms with van der Waals surface area (Å²) >= 11 is 0. The first-order valence-corrected chi connectivity index (χ1v) is 8.50. The van der Waals surface area contributed by atoms with Crippen molar-refractivity contribution in [2.45, 2.75) is 26.9 Å². The highest BCUT2D eigenvalue weighted by molar-refractivity contribution is 6.61. The average Bonchev–Trinajstić information content (AvgIpc) is 3.20. The van der Waals surface area contributed by atoms with E-state index in [1.165, 1.54) is 0 Å². The van der Waals surface area contributed by atoms with Crippen LogP contribution in [0.15, 0.2) is 0 Å². The molecule has 8 nitrogen and oxygen atoms in total. The third-order valence-corrected chi connectivity index (χ3v) is 5.44. The van der Waals surface area contributed by atoms with E-state index in [0.29, 0.717) is 24.7 Å². The molecular formula is C11H21NO7Si. The molecule has 1 rings (SSSR count). The van der Waals surface area contributed by atoms with Gasteiger partial charge in [0.2, 0.25) is 0 Å². The van der Waals surface area contributed by atoms with Crippen molar-refractivity contribution in [1.29, 1.82) is 0 Å². The van der Waals surface area contributed by atoms with Gasteiger partial charge in [-0.25, -0.2) is 9.69 Å². The Balaban J connectivity index is 2.86. The fourth-order valence-electron chi connectivity index (χ4n) is 1.72. The van der Waals surface area contributed by atoms with Gasteiger partial charge in [-0.3, -0.25) is 4.79 Å². The van der Waals surface area contributed by atoms with Crippen LogP contribution in [0.25, 0.3) is 0 Å². The fourth-order valence-corrected chi connectivity index (χ4v) is 4.24. The van der Waals surface area contributed by atoms with Gasteiger partial charge in [0.15, 0.2) is 6.10 Å². The third-order valence-electron chi connectivity index (χ3n) is 2.55. The molecule has 1 fully saturated rings. The zero-order valence-electron chi connectivity index (χ0n) is 12.0. The molecule has 1 atom stereocenters. The van der Waals surface area contributed by atoms with Crippen molar-refractivity contribution >= 4 is 20.8 Å². The molecule has 1 aliphatic heterocycles. The summed E-state index contributed by atoms with van der Waals surface area (Å²) in [6.45, 7) is 6.47. The quantitative estimate of drug-likeness (QED) is 0.488. The van der Waals surface area contributed by atoms with E-state index in [2.05, 4.69) is 0 Å². The number of imide groups is 1. The first-order chi connectivity index (χ1) is 9.49.